The molecule has 1 fully saturated rings. The first-order valence-corrected chi connectivity index (χ1v) is 8.00. The molecule has 0 spiro atoms. The Hall–Kier alpha value is -2.89. The van der Waals surface area contributed by atoms with Gasteiger partial charge in [0.15, 0.2) is 11.2 Å². The first-order valence-electron chi connectivity index (χ1n) is 8.00. The highest BCUT2D eigenvalue weighted by Crippen LogP contribution is 2.34. The summed E-state index contributed by atoms with van der Waals surface area (Å²) in [4.78, 5) is 32.8. The standard InChI is InChI=1S/C18H17N3O3/c1-11-5-2-3-6-12(11)14-7-4-10-21(14)17(22)13-8-9-15-16(19-13)20-18(23)24-15/h2-3,5-6,8-9,14H,4,7,10H2,1H3,(H,19,20,23). The Morgan fingerprint density at radius 3 is 2.96 bits per heavy atom. The van der Waals surface area contributed by atoms with Crippen LogP contribution in [-0.4, -0.2) is 27.3 Å². The fourth-order valence-electron chi connectivity index (χ4n) is 3.40. The first-order chi connectivity index (χ1) is 11.6. The van der Waals surface area contributed by atoms with E-state index < -0.39 is 5.76 Å². The van der Waals surface area contributed by atoms with E-state index in [4.69, 9.17) is 4.42 Å². The molecule has 3 heterocycles. The number of aromatic nitrogens is 2. The molecule has 1 amide bonds. The van der Waals surface area contributed by atoms with E-state index in [0.717, 1.165) is 12.8 Å². The van der Waals surface area contributed by atoms with Gasteiger partial charge in [0.1, 0.15) is 5.69 Å². The van der Waals surface area contributed by atoms with Crippen LogP contribution < -0.4 is 5.76 Å². The summed E-state index contributed by atoms with van der Waals surface area (Å²) in [5.41, 5.74) is 3.34. The molecule has 1 aromatic carbocycles. The lowest BCUT2D eigenvalue weighted by atomic mass is 9.99. The van der Waals surface area contributed by atoms with Crippen LogP contribution in [0.2, 0.25) is 0 Å². The Morgan fingerprint density at radius 2 is 2.12 bits per heavy atom. The number of aromatic amines is 1. The molecular weight excluding hydrogens is 306 g/mol. The number of nitrogens with one attached hydrogen (secondary N) is 1. The summed E-state index contributed by atoms with van der Waals surface area (Å²) in [5.74, 6) is -0.689. The van der Waals surface area contributed by atoms with Crippen molar-refractivity contribution in [1.82, 2.24) is 14.9 Å². The van der Waals surface area contributed by atoms with Gasteiger partial charge in [-0.2, -0.15) is 0 Å². The average molecular weight is 323 g/mol. The van der Waals surface area contributed by atoms with Crippen LogP contribution in [0.25, 0.3) is 11.2 Å². The van der Waals surface area contributed by atoms with Crippen molar-refractivity contribution in [3.05, 3.63) is 63.8 Å². The number of carbonyl (C=O) groups excluding carboxylic acids is 1. The van der Waals surface area contributed by atoms with Gasteiger partial charge in [-0.3, -0.25) is 9.78 Å². The molecular formula is C18H17N3O3. The third-order valence-electron chi connectivity index (χ3n) is 4.56. The fraction of sp³-hybridized carbons (Fsp3) is 0.278. The molecule has 1 N–H and O–H groups in total. The largest absolute Gasteiger partial charge is 0.418 e. The summed E-state index contributed by atoms with van der Waals surface area (Å²) < 4.78 is 4.94. The number of H-pyrrole nitrogens is 1. The van der Waals surface area contributed by atoms with Gasteiger partial charge in [-0.25, -0.2) is 9.78 Å². The van der Waals surface area contributed by atoms with Crippen molar-refractivity contribution in [2.75, 3.05) is 6.54 Å². The Bertz CT molecular complexity index is 973. The van der Waals surface area contributed by atoms with Gasteiger partial charge in [0.2, 0.25) is 0 Å². The Balaban J connectivity index is 1.69. The lowest BCUT2D eigenvalue weighted by molar-refractivity contribution is 0.0729. The fourth-order valence-corrected chi connectivity index (χ4v) is 3.40. The summed E-state index contributed by atoms with van der Waals surface area (Å²) >= 11 is 0. The van der Waals surface area contributed by atoms with Gasteiger partial charge in [-0.05, 0) is 43.0 Å². The van der Waals surface area contributed by atoms with Crippen molar-refractivity contribution in [3.63, 3.8) is 0 Å². The van der Waals surface area contributed by atoms with E-state index in [1.165, 1.54) is 11.1 Å². The molecule has 122 valence electrons. The number of hydrogen-bond donors (Lipinski definition) is 1. The number of nitrogens with zero attached hydrogens (tertiary/aromatic N) is 2. The van der Waals surface area contributed by atoms with Crippen LogP contribution in [-0.2, 0) is 0 Å². The number of carbonyl (C=O) groups is 1. The second-order valence-electron chi connectivity index (χ2n) is 6.07. The predicted molar refractivity (Wildman–Crippen MR) is 88.8 cm³/mol. The predicted octanol–water partition coefficient (Wildman–Crippen LogP) is 2.80. The number of oxazole rings is 1. The summed E-state index contributed by atoms with van der Waals surface area (Å²) in [6.45, 7) is 2.77. The second-order valence-corrected chi connectivity index (χ2v) is 6.07. The zero-order valence-corrected chi connectivity index (χ0v) is 13.3. The van der Waals surface area contributed by atoms with Gasteiger partial charge in [0.05, 0.1) is 6.04 Å². The molecule has 0 radical (unpaired) electrons. The summed E-state index contributed by atoms with van der Waals surface area (Å²) in [6, 6.07) is 11.4. The van der Waals surface area contributed by atoms with Crippen LogP contribution in [0.4, 0.5) is 0 Å². The molecule has 24 heavy (non-hydrogen) atoms. The number of benzene rings is 1. The first kappa shape index (κ1) is 14.7. The second kappa shape index (κ2) is 5.63. The van der Waals surface area contributed by atoms with Crippen molar-refractivity contribution in [1.29, 1.82) is 0 Å². The van der Waals surface area contributed by atoms with Crippen molar-refractivity contribution in [3.8, 4) is 0 Å². The zero-order chi connectivity index (χ0) is 16.7. The van der Waals surface area contributed by atoms with Crippen LogP contribution >= 0.6 is 0 Å². The van der Waals surface area contributed by atoms with E-state index in [9.17, 15) is 9.59 Å². The van der Waals surface area contributed by atoms with Gasteiger partial charge in [-0.15, -0.1) is 0 Å². The molecule has 6 nitrogen and oxygen atoms in total. The van der Waals surface area contributed by atoms with Gasteiger partial charge in [0.25, 0.3) is 5.91 Å². The molecule has 1 aliphatic rings. The number of hydrogen-bond acceptors (Lipinski definition) is 4. The van der Waals surface area contributed by atoms with E-state index in [1.807, 2.05) is 17.0 Å². The summed E-state index contributed by atoms with van der Waals surface area (Å²) in [5, 5.41) is 0. The van der Waals surface area contributed by atoms with Crippen molar-refractivity contribution >= 4 is 17.1 Å². The molecule has 0 bridgehead atoms. The Morgan fingerprint density at radius 1 is 1.29 bits per heavy atom. The molecule has 1 saturated heterocycles. The maximum absolute atomic E-state index is 12.9. The van der Waals surface area contributed by atoms with E-state index >= 15 is 0 Å². The molecule has 1 aliphatic heterocycles. The van der Waals surface area contributed by atoms with Crippen LogP contribution in [0.3, 0.4) is 0 Å². The highest BCUT2D eigenvalue weighted by atomic mass is 16.4. The zero-order valence-electron chi connectivity index (χ0n) is 13.3. The summed E-state index contributed by atoms with van der Waals surface area (Å²) in [6.07, 6.45) is 1.91. The minimum absolute atomic E-state index is 0.0691. The molecule has 6 heteroatoms. The van der Waals surface area contributed by atoms with Crippen LogP contribution in [0.1, 0.15) is 40.5 Å². The highest BCUT2D eigenvalue weighted by Gasteiger charge is 2.32. The highest BCUT2D eigenvalue weighted by molar-refractivity contribution is 5.94. The SMILES string of the molecule is Cc1ccccc1C1CCCN1C(=O)c1ccc2oc(=O)[nH]c2n1. The molecule has 1 unspecified atom stereocenters. The molecule has 2 aromatic heterocycles. The van der Waals surface area contributed by atoms with Crippen molar-refractivity contribution in [2.45, 2.75) is 25.8 Å². The monoisotopic (exact) mass is 323 g/mol. The normalized spacial score (nSPS) is 17.5. The van der Waals surface area contributed by atoms with Crippen LogP contribution in [0.15, 0.2) is 45.6 Å². The molecule has 3 aromatic rings. The maximum Gasteiger partial charge on any atom is 0.418 e. The lowest BCUT2D eigenvalue weighted by Gasteiger charge is -2.26. The molecule has 4 rings (SSSR count). The quantitative estimate of drug-likeness (QED) is 0.786. The third kappa shape index (κ3) is 2.40. The number of fused-ring (bicyclic) bond motifs is 1. The van der Waals surface area contributed by atoms with E-state index in [2.05, 4.69) is 29.0 Å². The lowest BCUT2D eigenvalue weighted by Crippen LogP contribution is -2.31. The maximum atomic E-state index is 12.9. The van der Waals surface area contributed by atoms with E-state index in [1.54, 1.807) is 12.1 Å². The van der Waals surface area contributed by atoms with Gasteiger partial charge in [0, 0.05) is 6.54 Å². The number of rotatable bonds is 2. The number of pyridine rings is 1. The topological polar surface area (TPSA) is 79.2 Å². The van der Waals surface area contributed by atoms with E-state index in [-0.39, 0.29) is 11.9 Å². The summed E-state index contributed by atoms with van der Waals surface area (Å²) in [7, 11) is 0. The van der Waals surface area contributed by atoms with Crippen LogP contribution in [0.5, 0.6) is 0 Å². The third-order valence-corrected chi connectivity index (χ3v) is 4.56. The molecule has 0 aliphatic carbocycles. The van der Waals surface area contributed by atoms with Gasteiger partial charge >= 0.3 is 5.76 Å². The van der Waals surface area contributed by atoms with Gasteiger partial charge in [-0.1, -0.05) is 24.3 Å². The van der Waals surface area contributed by atoms with E-state index in [0.29, 0.717) is 23.5 Å². The number of amides is 1. The number of aryl methyl sites for hydroxylation is 1. The Kier molecular flexibility index (Phi) is 3.45. The van der Waals surface area contributed by atoms with Gasteiger partial charge < -0.3 is 9.32 Å². The Labute approximate surface area is 138 Å². The van der Waals surface area contributed by atoms with Crippen molar-refractivity contribution < 1.29 is 9.21 Å². The smallest absolute Gasteiger partial charge is 0.406 e. The van der Waals surface area contributed by atoms with Crippen molar-refractivity contribution in [2.24, 2.45) is 0 Å². The molecule has 0 saturated carbocycles. The minimum atomic E-state index is -0.568. The van der Waals surface area contributed by atoms with Crippen LogP contribution in [0, 0.1) is 6.92 Å². The minimum Gasteiger partial charge on any atom is -0.406 e. The molecule has 1 atom stereocenters. The number of likely N-dealkylation sites (tertiary alicyclic amines) is 1. The average Bonchev–Trinajstić information content (AvgIpc) is 3.19.